The fraction of sp³-hybridized carbons (Fsp3) is 0.227. The van der Waals surface area contributed by atoms with Crippen LogP contribution in [0, 0.1) is 13.8 Å². The number of hydrogen-bond acceptors (Lipinski definition) is 4. The molecule has 0 amide bonds. The van der Waals surface area contributed by atoms with Crippen molar-refractivity contribution in [2.45, 2.75) is 20.8 Å². The topological polar surface area (TPSA) is 78.8 Å². The lowest BCUT2D eigenvalue weighted by molar-refractivity contribution is -0.577. The van der Waals surface area contributed by atoms with Gasteiger partial charge in [-0.15, -0.1) is 0 Å². The predicted molar refractivity (Wildman–Crippen MR) is 106 cm³/mol. The van der Waals surface area contributed by atoms with Crippen molar-refractivity contribution in [1.29, 1.82) is 0 Å². The van der Waals surface area contributed by atoms with E-state index in [9.17, 15) is 15.0 Å². The largest absolute Gasteiger partial charge is 0.763 e. The number of ketones is 1. The van der Waals surface area contributed by atoms with Gasteiger partial charge in [-0.05, 0) is 51.1 Å². The van der Waals surface area contributed by atoms with Crippen molar-refractivity contribution in [1.82, 2.24) is 0 Å². The van der Waals surface area contributed by atoms with Crippen LogP contribution in [0.5, 0.6) is 5.75 Å². The molecule has 1 heterocycles. The number of allylic oxidation sites excluding steroid dienone is 1. The maximum absolute atomic E-state index is 13.2. The maximum atomic E-state index is 13.2. The summed E-state index contributed by atoms with van der Waals surface area (Å²) in [4.78, 5) is 25.2. The summed E-state index contributed by atoms with van der Waals surface area (Å²) in [5.74, 6) is 1.34. The molecule has 2 aromatic rings. The van der Waals surface area contributed by atoms with E-state index in [1.165, 1.54) is 6.08 Å². The second kappa shape index (κ2) is 9.44. The van der Waals surface area contributed by atoms with E-state index >= 15 is 0 Å². The van der Waals surface area contributed by atoms with E-state index < -0.39 is 5.97 Å². The average Bonchev–Trinajstić information content (AvgIpc) is 2.67. The molecule has 0 saturated heterocycles. The van der Waals surface area contributed by atoms with Gasteiger partial charge in [-0.1, -0.05) is 0 Å². The van der Waals surface area contributed by atoms with Crippen LogP contribution in [0.25, 0.3) is 11.1 Å². The molecule has 0 N–H and O–H groups in total. The highest BCUT2D eigenvalue weighted by molar-refractivity contribution is 6.23. The Bertz CT molecular complexity index is 948. The first-order valence-electron chi connectivity index (χ1n) is 8.74. The summed E-state index contributed by atoms with van der Waals surface area (Å²) < 4.78 is 11.7. The van der Waals surface area contributed by atoms with Crippen LogP contribution >= 0.6 is 0 Å². The van der Waals surface area contributed by atoms with Crippen molar-refractivity contribution < 1.29 is 23.6 Å². The molecular weight excluding hydrogens is 356 g/mol. The lowest BCUT2D eigenvalue weighted by atomic mass is 10.1. The summed E-state index contributed by atoms with van der Waals surface area (Å²) in [5, 5.41) is 9.38. The molecule has 2 rings (SSSR count). The van der Waals surface area contributed by atoms with Crippen LogP contribution in [0.3, 0.4) is 0 Å². The van der Waals surface area contributed by atoms with E-state index in [4.69, 9.17) is 9.47 Å². The van der Waals surface area contributed by atoms with Crippen LogP contribution in [0.15, 0.2) is 54.4 Å². The van der Waals surface area contributed by atoms with Gasteiger partial charge >= 0.3 is 5.97 Å². The number of pyridine rings is 1. The van der Waals surface area contributed by atoms with Crippen LogP contribution in [0.4, 0.5) is 0 Å². The Morgan fingerprint density at radius 3 is 2.25 bits per heavy atom. The minimum atomic E-state index is -0.769. The number of carbonyl (C=O) groups excluding carboxylic acids is 2. The molecule has 0 unspecified atom stereocenters. The molecule has 1 aromatic heterocycles. The number of esters is 1. The van der Waals surface area contributed by atoms with Gasteiger partial charge in [0.25, 0.3) is 11.5 Å². The van der Waals surface area contributed by atoms with Gasteiger partial charge in [0.15, 0.2) is 12.4 Å². The van der Waals surface area contributed by atoms with E-state index in [1.54, 1.807) is 55.3 Å². The van der Waals surface area contributed by atoms with Gasteiger partial charge in [0.05, 0.1) is 19.3 Å². The first kappa shape index (κ1) is 20.8. The van der Waals surface area contributed by atoms with Gasteiger partial charge in [0.1, 0.15) is 5.75 Å². The number of nitrogens with zero attached hydrogens (tertiary/aromatic N) is 2. The van der Waals surface area contributed by atoms with Crippen LogP contribution < -0.4 is 9.30 Å². The number of Topliss-reactive ketones (excluding diaryl/α,β-unsaturated/α-hetero) is 1. The molecule has 0 saturated carbocycles. The highest BCUT2D eigenvalue weighted by atomic mass is 16.5. The SMILES string of the molecule is CCOC(=O)C(=C=[N-])C=C(C(=O)c1ccc(OC)cc1)[n+]1cc(C)cc(C)c1. The molecule has 0 aliphatic rings. The number of ether oxygens (including phenoxy) is 2. The lowest BCUT2D eigenvalue weighted by Crippen LogP contribution is -2.37. The number of hydrogen-bond donors (Lipinski definition) is 0. The third-order valence-electron chi connectivity index (χ3n) is 3.90. The molecule has 0 atom stereocenters. The smallest absolute Gasteiger partial charge is 0.344 e. The molecule has 144 valence electrons. The third kappa shape index (κ3) is 5.02. The van der Waals surface area contributed by atoms with Gasteiger partial charge in [-0.3, -0.25) is 10.7 Å². The van der Waals surface area contributed by atoms with E-state index in [0.29, 0.717) is 11.3 Å². The Morgan fingerprint density at radius 2 is 1.75 bits per heavy atom. The quantitative estimate of drug-likeness (QED) is 0.185. The summed E-state index contributed by atoms with van der Waals surface area (Å²) in [6.07, 6.45) is 4.80. The van der Waals surface area contributed by atoms with Gasteiger partial charge in [-0.25, -0.2) is 4.79 Å². The predicted octanol–water partition coefficient (Wildman–Crippen LogP) is 3.05. The van der Waals surface area contributed by atoms with Crippen molar-refractivity contribution in [2.24, 2.45) is 0 Å². The Balaban J connectivity index is 2.60. The number of carbonyl (C=O) groups is 2. The van der Waals surface area contributed by atoms with Crippen molar-refractivity contribution >= 4 is 23.3 Å². The van der Waals surface area contributed by atoms with E-state index in [2.05, 4.69) is 0 Å². The molecule has 0 aliphatic carbocycles. The molecule has 28 heavy (non-hydrogen) atoms. The van der Waals surface area contributed by atoms with E-state index in [-0.39, 0.29) is 23.7 Å². The summed E-state index contributed by atoms with van der Waals surface area (Å²) in [7, 11) is 1.54. The monoisotopic (exact) mass is 378 g/mol. The minimum absolute atomic E-state index is 0.135. The molecule has 0 aliphatic heterocycles. The normalized spacial score (nSPS) is 10.8. The fourth-order valence-corrected chi connectivity index (χ4v) is 2.68. The van der Waals surface area contributed by atoms with Crippen LogP contribution in [-0.2, 0) is 9.53 Å². The van der Waals surface area contributed by atoms with Gasteiger partial charge in [0.2, 0.25) is 0 Å². The van der Waals surface area contributed by atoms with Gasteiger partial charge < -0.3 is 14.9 Å². The highest BCUT2D eigenvalue weighted by Gasteiger charge is 2.24. The van der Waals surface area contributed by atoms with Crippen LogP contribution in [0.1, 0.15) is 28.4 Å². The fourth-order valence-electron chi connectivity index (χ4n) is 2.68. The van der Waals surface area contributed by atoms with Gasteiger partial charge in [-0.2, -0.15) is 4.57 Å². The van der Waals surface area contributed by atoms with Crippen LogP contribution in [0.2, 0.25) is 0 Å². The number of aromatic nitrogens is 1. The highest BCUT2D eigenvalue weighted by Crippen LogP contribution is 2.16. The van der Waals surface area contributed by atoms with Crippen molar-refractivity contribution in [3.63, 3.8) is 0 Å². The molecular formula is C22H22N2O4. The summed E-state index contributed by atoms with van der Waals surface area (Å²) >= 11 is 0. The van der Waals surface area contributed by atoms with E-state index in [0.717, 1.165) is 11.1 Å². The van der Waals surface area contributed by atoms with Gasteiger partial charge in [0, 0.05) is 22.8 Å². The first-order valence-corrected chi connectivity index (χ1v) is 8.74. The molecule has 6 heteroatoms. The molecule has 0 fully saturated rings. The van der Waals surface area contributed by atoms with Crippen LogP contribution in [-0.4, -0.2) is 31.3 Å². The van der Waals surface area contributed by atoms with Crippen molar-refractivity contribution in [2.75, 3.05) is 13.7 Å². The standard InChI is InChI=1S/C22H22N2O4/c1-5-28-22(26)18(12-23)11-20(24-13-15(2)10-16(3)14-24)21(25)17-6-8-19(27-4)9-7-17/h6-11,13-14H,5H2,1-4H3. The molecule has 6 nitrogen and oxygen atoms in total. The second-order valence-corrected chi connectivity index (χ2v) is 6.13. The molecule has 0 spiro atoms. The zero-order valence-electron chi connectivity index (χ0n) is 16.4. The Morgan fingerprint density at radius 1 is 1.14 bits per heavy atom. The van der Waals surface area contributed by atoms with E-state index in [1.807, 2.05) is 25.8 Å². The Labute approximate surface area is 164 Å². The molecule has 0 bridgehead atoms. The van der Waals surface area contributed by atoms with Crippen molar-refractivity contribution in [3.05, 3.63) is 76.5 Å². The number of rotatable bonds is 7. The number of aryl methyl sites for hydroxylation is 2. The average molecular weight is 378 g/mol. The summed E-state index contributed by atoms with van der Waals surface area (Å²) in [6, 6.07) is 8.59. The number of benzene rings is 1. The first-order chi connectivity index (χ1) is 13.4. The maximum Gasteiger partial charge on any atom is 0.344 e. The molecule has 1 aromatic carbocycles. The zero-order chi connectivity index (χ0) is 20.7. The zero-order valence-corrected chi connectivity index (χ0v) is 16.4. The lowest BCUT2D eigenvalue weighted by Gasteiger charge is -2.07. The third-order valence-corrected chi connectivity index (χ3v) is 3.90. The minimum Gasteiger partial charge on any atom is -0.763 e. The second-order valence-electron chi connectivity index (χ2n) is 6.13. The summed E-state index contributed by atoms with van der Waals surface area (Å²) in [5.41, 5.74) is 2.19. The number of methoxy groups -OCH3 is 1. The summed E-state index contributed by atoms with van der Waals surface area (Å²) in [6.45, 7) is 5.59. The Kier molecular flexibility index (Phi) is 7.02. The molecule has 0 radical (unpaired) electrons. The Hall–Kier alpha value is -3.50. The van der Waals surface area contributed by atoms with Crippen molar-refractivity contribution in [3.8, 4) is 5.75 Å².